The molecular formula is C13H24ClN3. The van der Waals surface area contributed by atoms with Gasteiger partial charge in [-0.2, -0.15) is 5.10 Å². The summed E-state index contributed by atoms with van der Waals surface area (Å²) in [5.41, 5.74) is 2.26. The van der Waals surface area contributed by atoms with Gasteiger partial charge in [-0.1, -0.05) is 38.8 Å². The van der Waals surface area contributed by atoms with Crippen molar-refractivity contribution in [1.82, 2.24) is 15.1 Å². The quantitative estimate of drug-likeness (QED) is 0.849. The highest BCUT2D eigenvalue weighted by atomic mass is 35.5. The Kier molecular flexibility index (Phi) is 5.47. The molecule has 0 amide bonds. The average Bonchev–Trinajstić information content (AvgIpc) is 2.49. The first kappa shape index (κ1) is 14.5. The zero-order valence-electron chi connectivity index (χ0n) is 11.5. The molecule has 98 valence electrons. The maximum absolute atomic E-state index is 6.26. The first-order valence-corrected chi connectivity index (χ1v) is 6.74. The number of hydrogen-bond donors (Lipinski definition) is 1. The molecule has 0 aliphatic rings. The summed E-state index contributed by atoms with van der Waals surface area (Å²) in [5.74, 6) is 0.623. The van der Waals surface area contributed by atoms with Crippen molar-refractivity contribution in [2.45, 2.75) is 46.6 Å². The van der Waals surface area contributed by atoms with Crippen molar-refractivity contribution in [3.63, 3.8) is 0 Å². The van der Waals surface area contributed by atoms with Crippen LogP contribution < -0.4 is 5.32 Å². The third-order valence-corrected chi connectivity index (χ3v) is 3.63. The van der Waals surface area contributed by atoms with Gasteiger partial charge < -0.3 is 5.32 Å². The lowest BCUT2D eigenvalue weighted by Gasteiger charge is -2.17. The minimum absolute atomic E-state index is 0.537. The van der Waals surface area contributed by atoms with Gasteiger partial charge in [-0.25, -0.2) is 0 Å². The van der Waals surface area contributed by atoms with Gasteiger partial charge in [0.2, 0.25) is 0 Å². The molecule has 0 saturated carbocycles. The van der Waals surface area contributed by atoms with Crippen molar-refractivity contribution < 1.29 is 0 Å². The first-order chi connectivity index (χ1) is 7.95. The van der Waals surface area contributed by atoms with Crippen molar-refractivity contribution in [3.8, 4) is 0 Å². The van der Waals surface area contributed by atoms with E-state index in [4.69, 9.17) is 11.6 Å². The van der Waals surface area contributed by atoms with Gasteiger partial charge in [0.15, 0.2) is 0 Å². The van der Waals surface area contributed by atoms with E-state index < -0.39 is 0 Å². The predicted molar refractivity (Wildman–Crippen MR) is 73.6 cm³/mol. The molecule has 0 radical (unpaired) electrons. The van der Waals surface area contributed by atoms with Crippen LogP contribution in [0.25, 0.3) is 0 Å². The van der Waals surface area contributed by atoms with Crippen LogP contribution in [-0.2, 0) is 13.5 Å². The molecule has 0 bridgehead atoms. The van der Waals surface area contributed by atoms with Gasteiger partial charge in [-0.3, -0.25) is 4.68 Å². The fourth-order valence-corrected chi connectivity index (χ4v) is 2.21. The normalized spacial score (nSPS) is 13.4. The molecule has 0 spiro atoms. The first-order valence-electron chi connectivity index (χ1n) is 6.37. The molecule has 17 heavy (non-hydrogen) atoms. The number of hydrogen-bond acceptors (Lipinski definition) is 2. The summed E-state index contributed by atoms with van der Waals surface area (Å²) in [4.78, 5) is 0. The van der Waals surface area contributed by atoms with Crippen LogP contribution >= 0.6 is 11.6 Å². The third-order valence-electron chi connectivity index (χ3n) is 3.15. The molecule has 1 aromatic heterocycles. The summed E-state index contributed by atoms with van der Waals surface area (Å²) in [6.07, 6.45) is 2.17. The standard InChI is InChI=1S/C13H24ClN3/c1-6-11(8-15-9(2)3)7-12-10(4)16-17(5)13(12)14/h9,11,15H,6-8H2,1-5H3. The molecule has 3 nitrogen and oxygen atoms in total. The Balaban J connectivity index is 2.67. The maximum atomic E-state index is 6.26. The zero-order chi connectivity index (χ0) is 13.0. The Morgan fingerprint density at radius 2 is 2.06 bits per heavy atom. The second kappa shape index (κ2) is 6.41. The van der Waals surface area contributed by atoms with E-state index in [-0.39, 0.29) is 0 Å². The molecule has 0 aromatic carbocycles. The molecule has 1 N–H and O–H groups in total. The molecule has 1 heterocycles. The van der Waals surface area contributed by atoms with E-state index >= 15 is 0 Å². The molecule has 0 saturated heterocycles. The number of aromatic nitrogens is 2. The van der Waals surface area contributed by atoms with Crippen molar-refractivity contribution in [2.24, 2.45) is 13.0 Å². The second-order valence-corrected chi connectivity index (χ2v) is 5.38. The van der Waals surface area contributed by atoms with E-state index in [0.717, 1.165) is 30.2 Å². The highest BCUT2D eigenvalue weighted by Crippen LogP contribution is 2.23. The van der Waals surface area contributed by atoms with E-state index in [1.54, 1.807) is 4.68 Å². The molecular weight excluding hydrogens is 234 g/mol. The summed E-state index contributed by atoms with van der Waals surface area (Å²) in [6.45, 7) is 9.65. The fraction of sp³-hybridized carbons (Fsp3) is 0.769. The molecule has 1 atom stereocenters. The Labute approximate surface area is 110 Å². The lowest BCUT2D eigenvalue weighted by atomic mass is 9.97. The number of aryl methyl sites for hydroxylation is 2. The average molecular weight is 258 g/mol. The number of halogens is 1. The van der Waals surface area contributed by atoms with Gasteiger partial charge in [-0.05, 0) is 25.8 Å². The van der Waals surface area contributed by atoms with Crippen LogP contribution in [0.15, 0.2) is 0 Å². The summed E-state index contributed by atoms with van der Waals surface area (Å²) < 4.78 is 1.76. The molecule has 0 aliphatic carbocycles. The van der Waals surface area contributed by atoms with Gasteiger partial charge >= 0.3 is 0 Å². The molecule has 0 fully saturated rings. The molecule has 4 heteroatoms. The topological polar surface area (TPSA) is 29.9 Å². The van der Waals surface area contributed by atoms with E-state index in [2.05, 4.69) is 31.2 Å². The summed E-state index contributed by atoms with van der Waals surface area (Å²) >= 11 is 6.26. The van der Waals surface area contributed by atoms with Gasteiger partial charge in [0.25, 0.3) is 0 Å². The van der Waals surface area contributed by atoms with Gasteiger partial charge in [0.1, 0.15) is 5.15 Å². The number of nitrogens with zero attached hydrogens (tertiary/aromatic N) is 2. The van der Waals surface area contributed by atoms with Crippen LogP contribution in [0.1, 0.15) is 38.4 Å². The fourth-order valence-electron chi connectivity index (χ4n) is 1.96. The van der Waals surface area contributed by atoms with Gasteiger partial charge in [0, 0.05) is 18.7 Å². The summed E-state index contributed by atoms with van der Waals surface area (Å²) in [7, 11) is 1.89. The zero-order valence-corrected chi connectivity index (χ0v) is 12.3. The molecule has 1 rings (SSSR count). The second-order valence-electron chi connectivity index (χ2n) is 5.02. The monoisotopic (exact) mass is 257 g/mol. The molecule has 1 unspecified atom stereocenters. The maximum Gasteiger partial charge on any atom is 0.130 e. The van der Waals surface area contributed by atoms with E-state index in [9.17, 15) is 0 Å². The summed E-state index contributed by atoms with van der Waals surface area (Å²) in [5, 5.41) is 8.63. The Hall–Kier alpha value is -0.540. The summed E-state index contributed by atoms with van der Waals surface area (Å²) in [6, 6.07) is 0.537. The van der Waals surface area contributed by atoms with Crippen molar-refractivity contribution in [1.29, 1.82) is 0 Å². The predicted octanol–water partition coefficient (Wildman–Crippen LogP) is 2.95. The van der Waals surface area contributed by atoms with Crippen molar-refractivity contribution >= 4 is 11.6 Å². The largest absolute Gasteiger partial charge is 0.314 e. The van der Waals surface area contributed by atoms with Crippen LogP contribution in [-0.4, -0.2) is 22.4 Å². The lowest BCUT2D eigenvalue weighted by molar-refractivity contribution is 0.435. The Bertz CT molecular complexity index is 358. The van der Waals surface area contributed by atoms with E-state index in [1.165, 1.54) is 5.56 Å². The minimum Gasteiger partial charge on any atom is -0.314 e. The highest BCUT2D eigenvalue weighted by molar-refractivity contribution is 6.30. The van der Waals surface area contributed by atoms with Crippen LogP contribution in [0.5, 0.6) is 0 Å². The Morgan fingerprint density at radius 1 is 1.41 bits per heavy atom. The Morgan fingerprint density at radius 3 is 2.47 bits per heavy atom. The van der Waals surface area contributed by atoms with Crippen LogP contribution in [0.2, 0.25) is 5.15 Å². The molecule has 1 aromatic rings. The third kappa shape index (κ3) is 4.00. The smallest absolute Gasteiger partial charge is 0.130 e. The van der Waals surface area contributed by atoms with Gasteiger partial charge in [0.05, 0.1) is 5.69 Å². The highest BCUT2D eigenvalue weighted by Gasteiger charge is 2.16. The number of rotatable bonds is 6. The van der Waals surface area contributed by atoms with Crippen LogP contribution in [0.3, 0.4) is 0 Å². The van der Waals surface area contributed by atoms with Crippen LogP contribution in [0.4, 0.5) is 0 Å². The SMILES string of the molecule is CCC(CNC(C)C)Cc1c(C)nn(C)c1Cl. The van der Waals surface area contributed by atoms with Crippen LogP contribution in [0, 0.1) is 12.8 Å². The van der Waals surface area contributed by atoms with E-state index in [0.29, 0.717) is 12.0 Å². The van der Waals surface area contributed by atoms with Crippen molar-refractivity contribution in [2.75, 3.05) is 6.54 Å². The molecule has 0 aliphatic heterocycles. The number of nitrogens with one attached hydrogen (secondary N) is 1. The lowest BCUT2D eigenvalue weighted by Crippen LogP contribution is -2.29. The van der Waals surface area contributed by atoms with Crippen molar-refractivity contribution in [3.05, 3.63) is 16.4 Å². The van der Waals surface area contributed by atoms with Gasteiger partial charge in [-0.15, -0.1) is 0 Å². The minimum atomic E-state index is 0.537. The van der Waals surface area contributed by atoms with E-state index in [1.807, 2.05) is 14.0 Å².